The van der Waals surface area contributed by atoms with Crippen molar-refractivity contribution < 1.29 is 13.9 Å². The maximum Gasteiger partial charge on any atom is 0.127 e. The fraction of sp³-hybridized carbons (Fsp3) is 0.647. The van der Waals surface area contributed by atoms with Gasteiger partial charge < -0.3 is 9.47 Å². The molecule has 0 saturated carbocycles. The number of likely N-dealkylation sites (tertiary alicyclic amines) is 1. The Morgan fingerprint density at radius 3 is 2.71 bits per heavy atom. The van der Waals surface area contributed by atoms with Crippen molar-refractivity contribution in [3.05, 3.63) is 35.6 Å². The summed E-state index contributed by atoms with van der Waals surface area (Å²) in [5.41, 5.74) is 0.788. The molecule has 0 amide bonds. The minimum Gasteiger partial charge on any atom is -0.376 e. The molecule has 2 aliphatic heterocycles. The third-order valence-electron chi connectivity index (χ3n) is 4.43. The number of rotatable bonds is 5. The first-order valence-electron chi connectivity index (χ1n) is 8.00. The molecule has 1 aromatic rings. The highest BCUT2D eigenvalue weighted by Gasteiger charge is 2.23. The topological polar surface area (TPSA) is 21.7 Å². The summed E-state index contributed by atoms with van der Waals surface area (Å²) in [6.07, 6.45) is 5.00. The van der Waals surface area contributed by atoms with Crippen LogP contribution in [0.4, 0.5) is 4.39 Å². The zero-order valence-electron chi connectivity index (χ0n) is 12.5. The second-order valence-electron chi connectivity index (χ2n) is 6.04. The lowest BCUT2D eigenvalue weighted by atomic mass is 10.1. The van der Waals surface area contributed by atoms with Crippen LogP contribution in [0.25, 0.3) is 0 Å². The summed E-state index contributed by atoms with van der Waals surface area (Å²) >= 11 is 0. The van der Waals surface area contributed by atoms with Crippen LogP contribution in [0.15, 0.2) is 24.3 Å². The average Bonchev–Trinajstić information content (AvgIpc) is 3.02. The molecule has 4 heteroatoms. The highest BCUT2D eigenvalue weighted by atomic mass is 19.1. The van der Waals surface area contributed by atoms with E-state index in [-0.39, 0.29) is 5.82 Å². The van der Waals surface area contributed by atoms with Crippen molar-refractivity contribution >= 4 is 0 Å². The molecule has 0 aliphatic carbocycles. The summed E-state index contributed by atoms with van der Waals surface area (Å²) in [6.45, 7) is 4.27. The van der Waals surface area contributed by atoms with Gasteiger partial charge in [-0.3, -0.25) is 4.90 Å². The molecule has 0 unspecified atom stereocenters. The average molecular weight is 293 g/mol. The Morgan fingerprint density at radius 2 is 2.00 bits per heavy atom. The number of hydrogen-bond donors (Lipinski definition) is 0. The molecule has 2 saturated heterocycles. The van der Waals surface area contributed by atoms with E-state index in [9.17, 15) is 4.39 Å². The molecule has 0 N–H and O–H groups in total. The fourth-order valence-corrected chi connectivity index (χ4v) is 3.12. The summed E-state index contributed by atoms with van der Waals surface area (Å²) in [6, 6.07) is 7.04. The minimum absolute atomic E-state index is 0.103. The van der Waals surface area contributed by atoms with E-state index in [0.717, 1.165) is 57.6 Å². The van der Waals surface area contributed by atoms with Gasteiger partial charge in [0, 0.05) is 31.8 Å². The summed E-state index contributed by atoms with van der Waals surface area (Å²) in [5, 5.41) is 0. The highest BCUT2D eigenvalue weighted by molar-refractivity contribution is 5.17. The van der Waals surface area contributed by atoms with Crippen molar-refractivity contribution in [2.45, 2.75) is 44.4 Å². The number of hydrogen-bond acceptors (Lipinski definition) is 3. The molecule has 2 heterocycles. The molecule has 1 atom stereocenters. The Kier molecular flexibility index (Phi) is 5.22. The SMILES string of the molecule is Fc1ccccc1CN1CCC(OC[C@H]2CCCO2)CC1. The number of halogens is 1. The van der Waals surface area contributed by atoms with Crippen LogP contribution in [0.2, 0.25) is 0 Å². The highest BCUT2D eigenvalue weighted by Crippen LogP contribution is 2.19. The van der Waals surface area contributed by atoms with Crippen LogP contribution in [-0.2, 0) is 16.0 Å². The van der Waals surface area contributed by atoms with Gasteiger partial charge in [-0.1, -0.05) is 18.2 Å². The maximum absolute atomic E-state index is 13.6. The lowest BCUT2D eigenvalue weighted by molar-refractivity contribution is -0.0427. The molecule has 3 nitrogen and oxygen atoms in total. The quantitative estimate of drug-likeness (QED) is 0.833. The minimum atomic E-state index is -0.103. The Balaban J connectivity index is 1.39. The Hall–Kier alpha value is -0.970. The van der Waals surface area contributed by atoms with Gasteiger partial charge in [-0.25, -0.2) is 4.39 Å². The van der Waals surface area contributed by atoms with E-state index in [0.29, 0.717) is 18.8 Å². The van der Waals surface area contributed by atoms with Gasteiger partial charge in [0.05, 0.1) is 18.8 Å². The summed E-state index contributed by atoms with van der Waals surface area (Å²) in [4.78, 5) is 2.31. The largest absolute Gasteiger partial charge is 0.376 e. The van der Waals surface area contributed by atoms with E-state index >= 15 is 0 Å². The third kappa shape index (κ3) is 4.25. The van der Waals surface area contributed by atoms with Gasteiger partial charge in [0.15, 0.2) is 0 Å². The predicted octanol–water partition coefficient (Wildman–Crippen LogP) is 2.99. The first-order chi connectivity index (χ1) is 10.3. The van der Waals surface area contributed by atoms with Crippen LogP contribution in [0.5, 0.6) is 0 Å². The van der Waals surface area contributed by atoms with E-state index in [4.69, 9.17) is 9.47 Å². The van der Waals surface area contributed by atoms with Crippen LogP contribution in [0.1, 0.15) is 31.2 Å². The van der Waals surface area contributed by atoms with Crippen molar-refractivity contribution in [1.29, 1.82) is 0 Å². The Bertz CT molecular complexity index is 440. The number of benzene rings is 1. The fourth-order valence-electron chi connectivity index (χ4n) is 3.12. The van der Waals surface area contributed by atoms with Gasteiger partial charge in [-0.05, 0) is 31.7 Å². The normalized spacial score (nSPS) is 24.5. The predicted molar refractivity (Wildman–Crippen MR) is 79.6 cm³/mol. The van der Waals surface area contributed by atoms with Gasteiger partial charge in [0.2, 0.25) is 0 Å². The summed E-state index contributed by atoms with van der Waals surface area (Å²) in [5.74, 6) is -0.103. The van der Waals surface area contributed by atoms with E-state index in [1.807, 2.05) is 12.1 Å². The zero-order chi connectivity index (χ0) is 14.5. The summed E-state index contributed by atoms with van der Waals surface area (Å²) in [7, 11) is 0. The molecular weight excluding hydrogens is 269 g/mol. The first-order valence-corrected chi connectivity index (χ1v) is 8.00. The van der Waals surface area contributed by atoms with Crippen molar-refractivity contribution in [1.82, 2.24) is 4.90 Å². The van der Waals surface area contributed by atoms with Crippen molar-refractivity contribution in [2.75, 3.05) is 26.3 Å². The van der Waals surface area contributed by atoms with E-state index in [2.05, 4.69) is 4.90 Å². The molecule has 2 aliphatic rings. The maximum atomic E-state index is 13.6. The van der Waals surface area contributed by atoms with Crippen LogP contribution in [0, 0.1) is 5.82 Å². The molecule has 116 valence electrons. The van der Waals surface area contributed by atoms with Crippen molar-refractivity contribution in [3.63, 3.8) is 0 Å². The van der Waals surface area contributed by atoms with Crippen molar-refractivity contribution in [3.8, 4) is 0 Å². The summed E-state index contributed by atoms with van der Waals surface area (Å²) < 4.78 is 25.2. The van der Waals surface area contributed by atoms with Gasteiger partial charge in [-0.15, -0.1) is 0 Å². The monoisotopic (exact) mass is 293 g/mol. The molecule has 2 fully saturated rings. The molecule has 1 aromatic carbocycles. The lowest BCUT2D eigenvalue weighted by Crippen LogP contribution is -2.37. The molecule has 0 spiro atoms. The van der Waals surface area contributed by atoms with Crippen LogP contribution in [0.3, 0.4) is 0 Å². The smallest absolute Gasteiger partial charge is 0.127 e. The molecule has 0 bridgehead atoms. The zero-order valence-corrected chi connectivity index (χ0v) is 12.5. The van der Waals surface area contributed by atoms with E-state index in [1.54, 1.807) is 6.07 Å². The molecule has 0 radical (unpaired) electrons. The first kappa shape index (κ1) is 14.9. The molecule has 21 heavy (non-hydrogen) atoms. The van der Waals surface area contributed by atoms with Crippen molar-refractivity contribution in [2.24, 2.45) is 0 Å². The second kappa shape index (κ2) is 7.34. The molecule has 0 aromatic heterocycles. The van der Waals surface area contributed by atoms with Crippen LogP contribution >= 0.6 is 0 Å². The third-order valence-corrected chi connectivity index (χ3v) is 4.43. The van der Waals surface area contributed by atoms with Gasteiger partial charge in [0.25, 0.3) is 0 Å². The second-order valence-corrected chi connectivity index (χ2v) is 6.04. The van der Waals surface area contributed by atoms with Crippen LogP contribution in [-0.4, -0.2) is 43.4 Å². The van der Waals surface area contributed by atoms with E-state index in [1.165, 1.54) is 6.07 Å². The Morgan fingerprint density at radius 1 is 1.19 bits per heavy atom. The lowest BCUT2D eigenvalue weighted by Gasteiger charge is -2.32. The number of ether oxygens (including phenoxy) is 2. The van der Waals surface area contributed by atoms with Gasteiger partial charge in [-0.2, -0.15) is 0 Å². The number of nitrogens with zero attached hydrogens (tertiary/aromatic N) is 1. The molecule has 3 rings (SSSR count). The van der Waals surface area contributed by atoms with Crippen LogP contribution < -0.4 is 0 Å². The molecular formula is C17H24FNO2. The standard InChI is InChI=1S/C17H24FNO2/c18-17-6-2-1-4-14(17)12-19-9-7-15(8-10-19)21-13-16-5-3-11-20-16/h1-2,4,6,15-16H,3,5,7-13H2/t16-/m1/s1. The van der Waals surface area contributed by atoms with Gasteiger partial charge in [0.1, 0.15) is 5.82 Å². The van der Waals surface area contributed by atoms with Gasteiger partial charge >= 0.3 is 0 Å². The van der Waals surface area contributed by atoms with E-state index < -0.39 is 0 Å². The Labute approximate surface area is 126 Å². The number of piperidine rings is 1.